The van der Waals surface area contributed by atoms with Crippen molar-refractivity contribution in [3.05, 3.63) is 58.2 Å². The van der Waals surface area contributed by atoms with Gasteiger partial charge in [-0.3, -0.25) is 4.79 Å². The Kier molecular flexibility index (Phi) is 6.35. The van der Waals surface area contributed by atoms with Crippen LogP contribution in [0.2, 0.25) is 0 Å². The molecule has 0 atom stereocenters. The average molecular weight is 391 g/mol. The Bertz CT molecular complexity index is 845. The van der Waals surface area contributed by atoms with Crippen molar-refractivity contribution in [2.24, 2.45) is 0 Å². The molecule has 3 rings (SSSR count). The number of rotatable bonds is 8. The molecule has 0 radical (unpaired) electrons. The van der Waals surface area contributed by atoms with Crippen molar-refractivity contribution in [3.8, 4) is 15.6 Å². The minimum Gasteiger partial charge on any atom is -0.494 e. The lowest BCUT2D eigenvalue weighted by atomic mass is 10.3. The Balaban J connectivity index is 1.40. The van der Waals surface area contributed by atoms with Crippen LogP contribution in [0.25, 0.3) is 9.88 Å². The SMILES string of the molecule is Cc1nc(-c2cccs2)sc1C(=O)NCCCCOc1ccc(F)cc1. The van der Waals surface area contributed by atoms with Gasteiger partial charge in [0, 0.05) is 6.54 Å². The average Bonchev–Trinajstić information content (AvgIpc) is 3.29. The summed E-state index contributed by atoms with van der Waals surface area (Å²) in [5, 5.41) is 5.82. The fourth-order valence-electron chi connectivity index (χ4n) is 2.34. The molecule has 0 unspecified atom stereocenters. The van der Waals surface area contributed by atoms with Crippen LogP contribution < -0.4 is 10.1 Å². The summed E-state index contributed by atoms with van der Waals surface area (Å²) in [5.41, 5.74) is 0.760. The van der Waals surface area contributed by atoms with E-state index in [-0.39, 0.29) is 11.7 Å². The number of nitrogens with one attached hydrogen (secondary N) is 1. The molecule has 0 spiro atoms. The molecule has 2 aromatic heterocycles. The number of ether oxygens (including phenoxy) is 1. The predicted octanol–water partition coefficient (Wildman–Crippen LogP) is 4.91. The van der Waals surface area contributed by atoms with Crippen LogP contribution in [0.1, 0.15) is 28.2 Å². The fraction of sp³-hybridized carbons (Fsp3) is 0.263. The molecule has 4 nitrogen and oxygen atoms in total. The van der Waals surface area contributed by atoms with Crippen molar-refractivity contribution in [3.63, 3.8) is 0 Å². The van der Waals surface area contributed by atoms with Gasteiger partial charge in [-0.1, -0.05) is 6.07 Å². The molecule has 0 bridgehead atoms. The molecule has 26 heavy (non-hydrogen) atoms. The van der Waals surface area contributed by atoms with E-state index < -0.39 is 0 Å². The quantitative estimate of drug-likeness (QED) is 0.556. The molecule has 0 saturated carbocycles. The summed E-state index contributed by atoms with van der Waals surface area (Å²) in [4.78, 5) is 18.6. The molecule has 7 heteroatoms. The number of unbranched alkanes of at least 4 members (excludes halogenated alkanes) is 1. The second kappa shape index (κ2) is 8.91. The van der Waals surface area contributed by atoms with Gasteiger partial charge in [0.2, 0.25) is 0 Å². The maximum atomic E-state index is 12.8. The van der Waals surface area contributed by atoms with E-state index in [4.69, 9.17) is 4.74 Å². The van der Waals surface area contributed by atoms with Crippen molar-refractivity contribution < 1.29 is 13.9 Å². The van der Waals surface area contributed by atoms with Crippen molar-refractivity contribution in [1.29, 1.82) is 0 Å². The van der Waals surface area contributed by atoms with E-state index in [1.807, 2.05) is 24.4 Å². The first-order valence-corrected chi connectivity index (χ1v) is 10.0. The zero-order chi connectivity index (χ0) is 18.4. The van der Waals surface area contributed by atoms with Crippen LogP contribution in [-0.2, 0) is 0 Å². The number of carbonyl (C=O) groups excluding carboxylic acids is 1. The topological polar surface area (TPSA) is 51.2 Å². The van der Waals surface area contributed by atoms with Gasteiger partial charge < -0.3 is 10.1 Å². The monoisotopic (exact) mass is 390 g/mol. The molecule has 3 aromatic rings. The minimum absolute atomic E-state index is 0.0812. The van der Waals surface area contributed by atoms with Gasteiger partial charge in [-0.25, -0.2) is 9.37 Å². The largest absolute Gasteiger partial charge is 0.494 e. The third kappa shape index (κ3) is 4.89. The molecule has 1 N–H and O–H groups in total. The molecule has 0 saturated heterocycles. The highest BCUT2D eigenvalue weighted by molar-refractivity contribution is 7.22. The Hall–Kier alpha value is -2.25. The summed E-state index contributed by atoms with van der Waals surface area (Å²) in [7, 11) is 0. The first kappa shape index (κ1) is 18.5. The number of thiophene rings is 1. The second-order valence-corrected chi connectivity index (χ2v) is 7.62. The summed E-state index contributed by atoms with van der Waals surface area (Å²) in [6.45, 7) is 2.97. The molecule has 2 heterocycles. The molecule has 0 aliphatic heterocycles. The van der Waals surface area contributed by atoms with Crippen molar-refractivity contribution in [2.45, 2.75) is 19.8 Å². The van der Waals surface area contributed by atoms with E-state index in [1.165, 1.54) is 23.5 Å². The molecule has 0 fully saturated rings. The molecule has 1 aromatic carbocycles. The van der Waals surface area contributed by atoms with E-state index in [0.29, 0.717) is 23.8 Å². The molecular weight excluding hydrogens is 371 g/mol. The maximum Gasteiger partial charge on any atom is 0.263 e. The van der Waals surface area contributed by atoms with Crippen LogP contribution in [0, 0.1) is 12.7 Å². The van der Waals surface area contributed by atoms with E-state index in [2.05, 4.69) is 10.3 Å². The first-order chi connectivity index (χ1) is 12.6. The van der Waals surface area contributed by atoms with Gasteiger partial charge >= 0.3 is 0 Å². The first-order valence-electron chi connectivity index (χ1n) is 8.31. The van der Waals surface area contributed by atoms with Crippen LogP contribution in [0.5, 0.6) is 5.75 Å². The summed E-state index contributed by atoms with van der Waals surface area (Å²) in [6.07, 6.45) is 1.61. The van der Waals surface area contributed by atoms with Gasteiger partial charge in [0.05, 0.1) is 17.2 Å². The van der Waals surface area contributed by atoms with Crippen LogP contribution in [-0.4, -0.2) is 24.0 Å². The van der Waals surface area contributed by atoms with Gasteiger partial charge in [-0.15, -0.1) is 22.7 Å². The molecule has 0 aliphatic carbocycles. The van der Waals surface area contributed by atoms with Gasteiger partial charge in [0.15, 0.2) is 0 Å². The number of hydrogen-bond donors (Lipinski definition) is 1. The van der Waals surface area contributed by atoms with Crippen LogP contribution >= 0.6 is 22.7 Å². The Morgan fingerprint density at radius 1 is 1.23 bits per heavy atom. The minimum atomic E-state index is -0.277. The Morgan fingerprint density at radius 3 is 2.77 bits per heavy atom. The third-order valence-electron chi connectivity index (χ3n) is 3.67. The molecular formula is C19H19FN2O2S2. The number of aromatic nitrogens is 1. The van der Waals surface area contributed by atoms with Crippen LogP contribution in [0.15, 0.2) is 41.8 Å². The number of benzene rings is 1. The van der Waals surface area contributed by atoms with E-state index >= 15 is 0 Å². The number of halogens is 1. The second-order valence-electron chi connectivity index (χ2n) is 5.68. The number of carbonyl (C=O) groups is 1. The van der Waals surface area contributed by atoms with E-state index in [1.54, 1.807) is 23.5 Å². The third-order valence-corrected chi connectivity index (χ3v) is 5.87. The van der Waals surface area contributed by atoms with Crippen LogP contribution in [0.3, 0.4) is 0 Å². The zero-order valence-electron chi connectivity index (χ0n) is 14.3. The maximum absolute atomic E-state index is 12.8. The van der Waals surface area contributed by atoms with E-state index in [0.717, 1.165) is 28.4 Å². The highest BCUT2D eigenvalue weighted by atomic mass is 32.1. The standard InChI is InChI=1S/C19H19FN2O2S2/c1-13-17(26-19(22-13)16-5-4-12-25-16)18(23)21-10-2-3-11-24-15-8-6-14(20)7-9-15/h4-9,12H,2-3,10-11H2,1H3,(H,21,23). The Labute approximate surface area is 159 Å². The smallest absolute Gasteiger partial charge is 0.263 e. The lowest BCUT2D eigenvalue weighted by Gasteiger charge is -2.07. The van der Waals surface area contributed by atoms with Gasteiger partial charge in [-0.2, -0.15) is 0 Å². The van der Waals surface area contributed by atoms with Gasteiger partial charge in [0.1, 0.15) is 21.5 Å². The number of thiazole rings is 1. The van der Waals surface area contributed by atoms with E-state index in [9.17, 15) is 9.18 Å². The van der Waals surface area contributed by atoms with Crippen molar-refractivity contribution in [2.75, 3.05) is 13.2 Å². The summed E-state index contributed by atoms with van der Waals surface area (Å²) in [5.74, 6) is 0.291. The number of nitrogens with zero attached hydrogens (tertiary/aromatic N) is 1. The molecule has 0 aliphatic rings. The molecule has 136 valence electrons. The van der Waals surface area contributed by atoms with Crippen molar-refractivity contribution in [1.82, 2.24) is 10.3 Å². The van der Waals surface area contributed by atoms with Gasteiger partial charge in [-0.05, 0) is 55.5 Å². The number of amides is 1. The zero-order valence-corrected chi connectivity index (χ0v) is 16.0. The summed E-state index contributed by atoms with van der Waals surface area (Å²) < 4.78 is 18.3. The number of aryl methyl sites for hydroxylation is 1. The van der Waals surface area contributed by atoms with Crippen molar-refractivity contribution >= 4 is 28.6 Å². The fourth-order valence-corrected chi connectivity index (χ4v) is 4.12. The highest BCUT2D eigenvalue weighted by Gasteiger charge is 2.16. The highest BCUT2D eigenvalue weighted by Crippen LogP contribution is 2.30. The summed E-state index contributed by atoms with van der Waals surface area (Å²) in [6, 6.07) is 9.94. The van der Waals surface area contributed by atoms with Crippen LogP contribution in [0.4, 0.5) is 4.39 Å². The van der Waals surface area contributed by atoms with Gasteiger partial charge in [0.25, 0.3) is 5.91 Å². The summed E-state index contributed by atoms with van der Waals surface area (Å²) >= 11 is 3.04. The lowest BCUT2D eigenvalue weighted by Crippen LogP contribution is -2.24. The molecule has 1 amide bonds. The normalized spacial score (nSPS) is 10.7. The lowest BCUT2D eigenvalue weighted by molar-refractivity contribution is 0.0955. The predicted molar refractivity (Wildman–Crippen MR) is 104 cm³/mol. The number of hydrogen-bond acceptors (Lipinski definition) is 5. The Morgan fingerprint density at radius 2 is 2.04 bits per heavy atom.